The molecule has 0 spiro atoms. The van der Waals surface area contributed by atoms with Crippen molar-refractivity contribution in [3.8, 4) is 0 Å². The van der Waals surface area contributed by atoms with Crippen LogP contribution >= 0.6 is 27.3 Å². The molecule has 2 aromatic rings. The molecule has 1 aliphatic carbocycles. The van der Waals surface area contributed by atoms with Gasteiger partial charge in [0.2, 0.25) is 11.0 Å². The first-order valence-corrected chi connectivity index (χ1v) is 8.04. The highest BCUT2D eigenvalue weighted by atomic mass is 79.9. The molecule has 0 bridgehead atoms. The van der Waals surface area contributed by atoms with E-state index in [2.05, 4.69) is 50.5 Å². The molecular weight excluding hydrogens is 338 g/mol. The molecule has 1 aromatic carbocycles. The zero-order valence-electron chi connectivity index (χ0n) is 11.2. The number of anilines is 1. The summed E-state index contributed by atoms with van der Waals surface area (Å²) in [5.41, 5.74) is 3.65. The highest BCUT2D eigenvalue weighted by molar-refractivity contribution is 9.10. The molecule has 0 saturated heterocycles. The van der Waals surface area contributed by atoms with Crippen LogP contribution in [0.5, 0.6) is 0 Å². The lowest BCUT2D eigenvalue weighted by atomic mass is 9.78. The monoisotopic (exact) mass is 351 g/mol. The Hall–Kier alpha value is -1.27. The van der Waals surface area contributed by atoms with Crippen molar-refractivity contribution in [3.05, 3.63) is 39.3 Å². The predicted molar refractivity (Wildman–Crippen MR) is 82.9 cm³/mol. The van der Waals surface area contributed by atoms with Crippen molar-refractivity contribution in [2.75, 3.05) is 5.32 Å². The van der Waals surface area contributed by atoms with Gasteiger partial charge in [-0.25, -0.2) is 0 Å². The molecule has 4 nitrogen and oxygen atoms in total. The minimum atomic E-state index is -0.450. The number of hydrogen-bond donors (Lipinski definition) is 1. The lowest BCUT2D eigenvalue weighted by molar-refractivity contribution is -0.125. The summed E-state index contributed by atoms with van der Waals surface area (Å²) in [4.78, 5) is 12.6. The summed E-state index contributed by atoms with van der Waals surface area (Å²) in [6.45, 7) is 4.12. The SMILES string of the molecule is C[C@H]1c2cc(Br)ccc2C[C@@]1(C)C(=O)Nc1nncs1. The summed E-state index contributed by atoms with van der Waals surface area (Å²) in [7, 11) is 0. The number of rotatable bonds is 2. The van der Waals surface area contributed by atoms with Crippen LogP contribution in [0.15, 0.2) is 28.2 Å². The molecule has 0 fully saturated rings. The Morgan fingerprint density at radius 2 is 2.35 bits per heavy atom. The van der Waals surface area contributed by atoms with Gasteiger partial charge in [-0.2, -0.15) is 0 Å². The Morgan fingerprint density at radius 3 is 3.05 bits per heavy atom. The average molecular weight is 352 g/mol. The average Bonchev–Trinajstić information content (AvgIpc) is 3.00. The minimum absolute atomic E-state index is 0.00840. The molecule has 1 aromatic heterocycles. The molecule has 0 unspecified atom stereocenters. The Labute approximate surface area is 129 Å². The van der Waals surface area contributed by atoms with Gasteiger partial charge >= 0.3 is 0 Å². The van der Waals surface area contributed by atoms with Crippen LogP contribution in [0.3, 0.4) is 0 Å². The van der Waals surface area contributed by atoms with E-state index in [9.17, 15) is 4.79 Å². The Morgan fingerprint density at radius 1 is 1.55 bits per heavy atom. The molecule has 1 heterocycles. The molecule has 20 heavy (non-hydrogen) atoms. The van der Waals surface area contributed by atoms with Gasteiger partial charge in [0.1, 0.15) is 5.51 Å². The quantitative estimate of drug-likeness (QED) is 0.898. The minimum Gasteiger partial charge on any atom is -0.300 e. The second-order valence-corrected chi connectivity index (χ2v) is 7.11. The Bertz CT molecular complexity index is 658. The van der Waals surface area contributed by atoms with Crippen molar-refractivity contribution in [2.24, 2.45) is 5.41 Å². The van der Waals surface area contributed by atoms with E-state index >= 15 is 0 Å². The van der Waals surface area contributed by atoms with E-state index in [1.54, 1.807) is 5.51 Å². The van der Waals surface area contributed by atoms with Crippen molar-refractivity contribution in [1.29, 1.82) is 0 Å². The summed E-state index contributed by atoms with van der Waals surface area (Å²) in [5, 5.41) is 11.1. The van der Waals surface area contributed by atoms with E-state index in [1.807, 2.05) is 13.0 Å². The first kappa shape index (κ1) is 13.7. The van der Waals surface area contributed by atoms with Crippen molar-refractivity contribution >= 4 is 38.3 Å². The van der Waals surface area contributed by atoms with Crippen LogP contribution in [-0.2, 0) is 11.2 Å². The third-order valence-corrected chi connectivity index (χ3v) is 5.29. The lowest BCUT2D eigenvalue weighted by Gasteiger charge is -2.27. The zero-order chi connectivity index (χ0) is 14.3. The number of amides is 1. The lowest BCUT2D eigenvalue weighted by Crippen LogP contribution is -2.36. The Kier molecular flexibility index (Phi) is 3.38. The van der Waals surface area contributed by atoms with E-state index in [0.717, 1.165) is 10.9 Å². The fraction of sp³-hybridized carbons (Fsp3) is 0.357. The molecule has 0 radical (unpaired) electrons. The van der Waals surface area contributed by atoms with Gasteiger partial charge in [0, 0.05) is 4.47 Å². The normalized spacial score (nSPS) is 24.4. The van der Waals surface area contributed by atoms with Crippen molar-refractivity contribution in [1.82, 2.24) is 10.2 Å². The summed E-state index contributed by atoms with van der Waals surface area (Å²) in [6.07, 6.45) is 0.751. The predicted octanol–water partition coefficient (Wildman–Crippen LogP) is 3.61. The molecule has 104 valence electrons. The number of carbonyl (C=O) groups is 1. The van der Waals surface area contributed by atoms with E-state index in [0.29, 0.717) is 5.13 Å². The first-order chi connectivity index (χ1) is 9.50. The Balaban J connectivity index is 1.89. The van der Waals surface area contributed by atoms with E-state index in [-0.39, 0.29) is 11.8 Å². The fourth-order valence-corrected chi connectivity index (χ4v) is 3.58. The molecule has 1 amide bonds. The topological polar surface area (TPSA) is 54.9 Å². The van der Waals surface area contributed by atoms with Crippen LogP contribution in [0, 0.1) is 5.41 Å². The number of benzene rings is 1. The zero-order valence-corrected chi connectivity index (χ0v) is 13.6. The van der Waals surface area contributed by atoms with Gasteiger partial charge in [-0.05, 0) is 42.5 Å². The summed E-state index contributed by atoms with van der Waals surface area (Å²) in [5.74, 6) is 0.178. The maximum absolute atomic E-state index is 12.6. The molecular formula is C14H14BrN3OS. The fourth-order valence-electron chi connectivity index (χ4n) is 2.77. The molecule has 6 heteroatoms. The van der Waals surface area contributed by atoms with Crippen LogP contribution in [0.2, 0.25) is 0 Å². The van der Waals surface area contributed by atoms with Crippen LogP contribution in [0.1, 0.15) is 30.9 Å². The molecule has 3 rings (SSSR count). The first-order valence-electron chi connectivity index (χ1n) is 6.36. The molecule has 1 aliphatic rings. The van der Waals surface area contributed by atoms with E-state index in [1.165, 1.54) is 22.5 Å². The third-order valence-electron chi connectivity index (χ3n) is 4.19. The molecule has 0 aliphatic heterocycles. The van der Waals surface area contributed by atoms with Gasteiger partial charge in [0.15, 0.2) is 0 Å². The molecule has 0 saturated carbocycles. The van der Waals surface area contributed by atoms with Gasteiger partial charge < -0.3 is 5.32 Å². The summed E-state index contributed by atoms with van der Waals surface area (Å²) >= 11 is 4.83. The van der Waals surface area contributed by atoms with Crippen LogP contribution in [0.25, 0.3) is 0 Å². The maximum Gasteiger partial charge on any atom is 0.233 e. The highest BCUT2D eigenvalue weighted by Gasteiger charge is 2.45. The van der Waals surface area contributed by atoms with Gasteiger partial charge in [-0.15, -0.1) is 10.2 Å². The second kappa shape index (κ2) is 4.93. The molecule has 1 N–H and O–H groups in total. The maximum atomic E-state index is 12.6. The third kappa shape index (κ3) is 2.16. The van der Waals surface area contributed by atoms with Gasteiger partial charge in [-0.3, -0.25) is 4.79 Å². The van der Waals surface area contributed by atoms with Crippen molar-refractivity contribution < 1.29 is 4.79 Å². The molecule has 2 atom stereocenters. The van der Waals surface area contributed by atoms with Crippen molar-refractivity contribution in [3.63, 3.8) is 0 Å². The van der Waals surface area contributed by atoms with Crippen LogP contribution in [0.4, 0.5) is 5.13 Å². The summed E-state index contributed by atoms with van der Waals surface area (Å²) < 4.78 is 1.05. The van der Waals surface area contributed by atoms with E-state index in [4.69, 9.17) is 0 Å². The smallest absolute Gasteiger partial charge is 0.233 e. The number of nitrogens with one attached hydrogen (secondary N) is 1. The van der Waals surface area contributed by atoms with Crippen molar-refractivity contribution in [2.45, 2.75) is 26.2 Å². The van der Waals surface area contributed by atoms with E-state index < -0.39 is 5.41 Å². The van der Waals surface area contributed by atoms with Crippen LogP contribution in [-0.4, -0.2) is 16.1 Å². The number of nitrogens with zero attached hydrogens (tertiary/aromatic N) is 2. The van der Waals surface area contributed by atoms with Gasteiger partial charge in [-0.1, -0.05) is 40.3 Å². The number of fused-ring (bicyclic) bond motifs is 1. The number of hydrogen-bond acceptors (Lipinski definition) is 4. The second-order valence-electron chi connectivity index (χ2n) is 5.36. The van der Waals surface area contributed by atoms with Gasteiger partial charge in [0.05, 0.1) is 5.41 Å². The van der Waals surface area contributed by atoms with Gasteiger partial charge in [0.25, 0.3) is 0 Å². The number of halogens is 1. The highest BCUT2D eigenvalue weighted by Crippen LogP contribution is 2.48. The number of aromatic nitrogens is 2. The summed E-state index contributed by atoms with van der Waals surface area (Å²) in [6, 6.07) is 6.24. The largest absolute Gasteiger partial charge is 0.300 e. The number of carbonyl (C=O) groups excluding carboxylic acids is 1. The standard InChI is InChI=1S/C14H14BrN3OS/c1-8-11-5-10(15)4-3-9(11)6-14(8,2)12(19)17-13-18-16-7-20-13/h3-5,7-8H,6H2,1-2H3,(H,17,18,19)/t8-,14+/m0/s1. The van der Waals surface area contributed by atoms with Crippen LogP contribution < -0.4 is 5.32 Å².